The van der Waals surface area contributed by atoms with Gasteiger partial charge in [0.05, 0.1) is 13.2 Å². The van der Waals surface area contributed by atoms with Crippen molar-refractivity contribution in [3.8, 4) is 0 Å². The third-order valence-electron chi connectivity index (χ3n) is 1.35. The largest absolute Gasteiger partial charge is 0.379 e. The molecule has 1 heterocycles. The van der Waals surface area contributed by atoms with E-state index in [2.05, 4.69) is 0 Å². The van der Waals surface area contributed by atoms with Gasteiger partial charge < -0.3 is 4.74 Å². The Balaban J connectivity index is 2.39. The number of morpholine rings is 1. The highest BCUT2D eigenvalue weighted by atomic mass is 32.3. The van der Waals surface area contributed by atoms with Crippen LogP contribution in [0, 0.1) is 0 Å². The minimum absolute atomic E-state index is 0.499. The van der Waals surface area contributed by atoms with Gasteiger partial charge in [0.25, 0.3) is 0 Å². The highest BCUT2D eigenvalue weighted by Gasteiger charge is 2.20. The Morgan fingerprint density at radius 1 is 1.30 bits per heavy atom. The summed E-state index contributed by atoms with van der Waals surface area (Å²) in [6, 6.07) is 0. The van der Waals surface area contributed by atoms with Gasteiger partial charge >= 0.3 is 0 Å². The van der Waals surface area contributed by atoms with Crippen LogP contribution in [0.2, 0.25) is 0 Å². The van der Waals surface area contributed by atoms with E-state index in [1.54, 1.807) is 0 Å². The van der Waals surface area contributed by atoms with E-state index in [1.165, 1.54) is 4.31 Å². The zero-order valence-electron chi connectivity index (χ0n) is 5.56. The Kier molecular flexibility index (Phi) is 2.50. The van der Waals surface area contributed by atoms with E-state index in [4.69, 9.17) is 19.0 Å². The molecule has 1 aliphatic heterocycles. The fourth-order valence-corrected chi connectivity index (χ4v) is 1.50. The predicted octanol–water partition coefficient (Wildman–Crippen LogP) is -0.142. The molecule has 0 bridgehead atoms. The molecular formula is C4H12N2O3S. The average Bonchev–Trinajstić information content (AvgIpc) is 1.88. The van der Waals surface area contributed by atoms with Gasteiger partial charge in [-0.15, -0.1) is 0 Å². The highest BCUT2D eigenvalue weighted by Crippen LogP contribution is 2.33. The lowest BCUT2D eigenvalue weighted by atomic mass is 10.5. The van der Waals surface area contributed by atoms with Gasteiger partial charge in [0.1, 0.15) is 0 Å². The third-order valence-corrected chi connectivity index (χ3v) is 2.48. The molecule has 4 N–H and O–H groups in total. The van der Waals surface area contributed by atoms with Crippen LogP contribution in [-0.2, 0) is 4.74 Å². The maximum Gasteiger partial charge on any atom is 0.0611 e. The molecule has 0 spiro atoms. The SMILES string of the molecule is NS(O)(O)N1CCOCC1. The summed E-state index contributed by atoms with van der Waals surface area (Å²) >= 11 is 0. The van der Waals surface area contributed by atoms with Crippen molar-refractivity contribution in [2.75, 3.05) is 26.3 Å². The first-order valence-electron chi connectivity index (χ1n) is 2.99. The second-order valence-corrected chi connectivity index (χ2v) is 3.74. The highest BCUT2D eigenvalue weighted by molar-refractivity contribution is 8.20. The molecule has 0 saturated carbocycles. The van der Waals surface area contributed by atoms with Crippen LogP contribution in [-0.4, -0.2) is 39.7 Å². The van der Waals surface area contributed by atoms with Crippen LogP contribution < -0.4 is 5.14 Å². The third kappa shape index (κ3) is 2.08. The predicted molar refractivity (Wildman–Crippen MR) is 39.4 cm³/mol. The van der Waals surface area contributed by atoms with Gasteiger partial charge in [0, 0.05) is 13.1 Å². The maximum atomic E-state index is 8.93. The fourth-order valence-electron chi connectivity index (χ4n) is 0.815. The summed E-state index contributed by atoms with van der Waals surface area (Å²) in [6.07, 6.45) is 0. The van der Waals surface area contributed by atoms with Crippen molar-refractivity contribution < 1.29 is 13.8 Å². The lowest BCUT2D eigenvalue weighted by Gasteiger charge is -2.40. The normalized spacial score (nSPS) is 24.7. The van der Waals surface area contributed by atoms with Gasteiger partial charge in [0.15, 0.2) is 0 Å². The zero-order chi connectivity index (χ0) is 7.61. The minimum Gasteiger partial charge on any atom is -0.379 e. The number of rotatable bonds is 1. The van der Waals surface area contributed by atoms with Crippen LogP contribution in [0.5, 0.6) is 0 Å². The van der Waals surface area contributed by atoms with Gasteiger partial charge in [-0.05, 0) is 0 Å². The fraction of sp³-hybridized carbons (Fsp3) is 1.00. The van der Waals surface area contributed by atoms with Gasteiger partial charge in [-0.3, -0.25) is 9.11 Å². The smallest absolute Gasteiger partial charge is 0.0611 e. The molecule has 0 atom stereocenters. The van der Waals surface area contributed by atoms with E-state index in [9.17, 15) is 0 Å². The van der Waals surface area contributed by atoms with Crippen LogP contribution >= 0.6 is 11.0 Å². The van der Waals surface area contributed by atoms with Crippen molar-refractivity contribution in [3.63, 3.8) is 0 Å². The Labute approximate surface area is 61.4 Å². The van der Waals surface area contributed by atoms with Crippen molar-refractivity contribution in [1.82, 2.24) is 4.31 Å². The van der Waals surface area contributed by atoms with Gasteiger partial charge in [0.2, 0.25) is 0 Å². The quantitative estimate of drug-likeness (QED) is 0.508. The van der Waals surface area contributed by atoms with E-state index < -0.39 is 11.0 Å². The molecule has 62 valence electrons. The molecule has 0 radical (unpaired) electrons. The van der Waals surface area contributed by atoms with Crippen LogP contribution in [0.25, 0.3) is 0 Å². The van der Waals surface area contributed by atoms with E-state index in [0.717, 1.165) is 0 Å². The second kappa shape index (κ2) is 3.04. The summed E-state index contributed by atoms with van der Waals surface area (Å²) in [5, 5.41) is 5.08. The van der Waals surface area contributed by atoms with Crippen LogP contribution in [0.1, 0.15) is 0 Å². The lowest BCUT2D eigenvalue weighted by molar-refractivity contribution is 0.0686. The first-order chi connectivity index (χ1) is 4.61. The first-order valence-corrected chi connectivity index (χ1v) is 4.56. The molecule has 10 heavy (non-hydrogen) atoms. The van der Waals surface area contributed by atoms with Crippen molar-refractivity contribution in [2.24, 2.45) is 5.14 Å². The Morgan fingerprint density at radius 2 is 1.80 bits per heavy atom. The zero-order valence-corrected chi connectivity index (χ0v) is 6.38. The molecule has 1 aliphatic rings. The molecule has 1 fully saturated rings. The van der Waals surface area contributed by atoms with Crippen molar-refractivity contribution in [2.45, 2.75) is 0 Å². The van der Waals surface area contributed by atoms with E-state index in [0.29, 0.717) is 26.3 Å². The molecule has 1 saturated heterocycles. The molecule has 0 amide bonds. The molecule has 5 nitrogen and oxygen atoms in total. The molecular weight excluding hydrogens is 156 g/mol. The summed E-state index contributed by atoms with van der Waals surface area (Å²) in [7, 11) is -2.97. The molecule has 0 aromatic rings. The summed E-state index contributed by atoms with van der Waals surface area (Å²) in [6.45, 7) is 2.04. The van der Waals surface area contributed by atoms with Crippen LogP contribution in [0.4, 0.5) is 0 Å². The van der Waals surface area contributed by atoms with Crippen LogP contribution in [0.3, 0.4) is 0 Å². The minimum atomic E-state index is -2.97. The molecule has 0 unspecified atom stereocenters. The maximum absolute atomic E-state index is 8.93. The number of hydrogen-bond donors (Lipinski definition) is 3. The summed E-state index contributed by atoms with van der Waals surface area (Å²) in [4.78, 5) is 0. The molecule has 1 rings (SSSR count). The van der Waals surface area contributed by atoms with Crippen molar-refractivity contribution in [3.05, 3.63) is 0 Å². The summed E-state index contributed by atoms with van der Waals surface area (Å²) < 4.78 is 24.3. The average molecular weight is 168 g/mol. The van der Waals surface area contributed by atoms with E-state index in [1.807, 2.05) is 0 Å². The number of hydrogen-bond acceptors (Lipinski definition) is 5. The Bertz CT molecular complexity index is 110. The lowest BCUT2D eigenvalue weighted by Crippen LogP contribution is -2.41. The van der Waals surface area contributed by atoms with Crippen LogP contribution in [0.15, 0.2) is 0 Å². The van der Waals surface area contributed by atoms with E-state index in [-0.39, 0.29) is 0 Å². The van der Waals surface area contributed by atoms with Gasteiger partial charge in [-0.2, -0.15) is 4.31 Å². The van der Waals surface area contributed by atoms with Crippen molar-refractivity contribution in [1.29, 1.82) is 0 Å². The number of nitrogens with two attached hydrogens (primary N) is 1. The summed E-state index contributed by atoms with van der Waals surface area (Å²) in [5.74, 6) is 0. The number of ether oxygens (including phenoxy) is 1. The summed E-state index contributed by atoms with van der Waals surface area (Å²) in [5.41, 5.74) is 0. The topological polar surface area (TPSA) is 79.0 Å². The van der Waals surface area contributed by atoms with Gasteiger partial charge in [-0.1, -0.05) is 11.0 Å². The monoisotopic (exact) mass is 168 g/mol. The standard InChI is InChI=1S/C4H12N2O3S/c5-10(7,8)6-1-3-9-4-2-6/h7-8H,1-5H2. The van der Waals surface area contributed by atoms with E-state index >= 15 is 0 Å². The van der Waals surface area contributed by atoms with Gasteiger partial charge in [-0.25, -0.2) is 5.14 Å². The second-order valence-electron chi connectivity index (χ2n) is 2.10. The molecule has 0 aliphatic carbocycles. The Morgan fingerprint density at radius 3 is 2.10 bits per heavy atom. The Hall–Kier alpha value is 0.150. The first kappa shape index (κ1) is 8.25. The molecule has 6 heteroatoms. The number of nitrogens with zero attached hydrogens (tertiary/aromatic N) is 1. The van der Waals surface area contributed by atoms with Crippen molar-refractivity contribution >= 4 is 11.0 Å². The molecule has 0 aromatic carbocycles. The molecule has 0 aromatic heterocycles.